The molecule has 1 aliphatic carbocycles. The lowest BCUT2D eigenvalue weighted by molar-refractivity contribution is -0.660. The fourth-order valence-corrected chi connectivity index (χ4v) is 5.19. The first-order valence-electron chi connectivity index (χ1n) is 12.9. The monoisotopic (exact) mass is 411 g/mol. The first-order valence-corrected chi connectivity index (χ1v) is 10.9. The van der Waals surface area contributed by atoms with Crippen LogP contribution in [0, 0.1) is 13.8 Å². The molecule has 3 heterocycles. The Bertz CT molecular complexity index is 1630. The summed E-state index contributed by atoms with van der Waals surface area (Å²) < 4.78 is 40.9. The fraction of sp³-hybridized carbons (Fsp3) is 0.286. The van der Waals surface area contributed by atoms with Gasteiger partial charge in [0.25, 0.3) is 0 Å². The van der Waals surface area contributed by atoms with E-state index in [2.05, 4.69) is 40.7 Å². The maximum Gasteiger partial charge on any atom is 0.227 e. The van der Waals surface area contributed by atoms with Crippen molar-refractivity contribution in [1.29, 1.82) is 0 Å². The Labute approximate surface area is 188 Å². The molecule has 0 radical (unpaired) electrons. The van der Waals surface area contributed by atoms with E-state index in [1.807, 2.05) is 31.4 Å². The van der Waals surface area contributed by atoms with Crippen LogP contribution in [0.4, 0.5) is 0 Å². The molecule has 3 heteroatoms. The van der Waals surface area contributed by atoms with Gasteiger partial charge in [-0.15, -0.1) is 0 Å². The molecule has 0 unspecified atom stereocenters. The van der Waals surface area contributed by atoms with Gasteiger partial charge in [0.15, 0.2) is 11.8 Å². The maximum atomic E-state index is 9.07. The summed E-state index contributed by atoms with van der Waals surface area (Å²) in [5, 5.41) is 3.91. The zero-order valence-corrected chi connectivity index (χ0v) is 17.8. The number of aromatic nitrogens is 2. The molecule has 1 aliphatic rings. The molecule has 0 N–H and O–H groups in total. The average molecular weight is 412 g/mol. The zero-order valence-electron chi connectivity index (χ0n) is 21.8. The lowest BCUT2D eigenvalue weighted by Gasteiger charge is -2.13. The normalized spacial score (nSPS) is 18.3. The number of benzene rings is 2. The zero-order chi connectivity index (χ0) is 24.5. The number of hydrogen-bond donors (Lipinski definition) is 0. The van der Waals surface area contributed by atoms with Gasteiger partial charge in [0.05, 0.1) is 5.56 Å². The molecule has 0 aliphatic heterocycles. The number of aryl methyl sites for hydroxylation is 3. The number of nitrogens with zero attached hydrogens (tertiary/aromatic N) is 2. The topological polar surface area (TPSA) is 29.9 Å². The highest BCUT2D eigenvalue weighted by atomic mass is 16.3. The standard InChI is InChI=1S/C28H27N2O/c1-17-12-13-23-26-22-11-7-6-10-21(22)18(2)25(27(26)31-28(23)29-17)24-16-20(14-15-30(24)3)19-8-4-5-9-19/h6-7,10-16,19H,4-5,8-9H2,1-3H3/q+1/i1D3,19D. The van der Waals surface area contributed by atoms with Crippen LogP contribution in [0.1, 0.15) is 53.9 Å². The largest absolute Gasteiger partial charge is 0.437 e. The van der Waals surface area contributed by atoms with E-state index in [0.717, 1.165) is 69.6 Å². The number of furan rings is 1. The van der Waals surface area contributed by atoms with E-state index in [4.69, 9.17) is 9.90 Å². The van der Waals surface area contributed by atoms with Gasteiger partial charge in [0.2, 0.25) is 11.4 Å². The Morgan fingerprint density at radius 3 is 2.68 bits per heavy atom. The summed E-state index contributed by atoms with van der Waals surface area (Å²) in [6, 6.07) is 15.8. The Morgan fingerprint density at radius 1 is 1.06 bits per heavy atom. The van der Waals surface area contributed by atoms with Crippen molar-refractivity contribution in [3.8, 4) is 11.3 Å². The van der Waals surface area contributed by atoms with Crippen molar-refractivity contribution in [1.82, 2.24) is 4.98 Å². The van der Waals surface area contributed by atoms with Crippen molar-refractivity contribution in [2.24, 2.45) is 7.05 Å². The predicted molar refractivity (Wildman–Crippen MR) is 126 cm³/mol. The molecular formula is C28H27N2O+. The van der Waals surface area contributed by atoms with Crippen LogP contribution in [0.15, 0.2) is 59.1 Å². The molecule has 2 aromatic carbocycles. The second-order valence-electron chi connectivity index (χ2n) is 8.62. The Morgan fingerprint density at radius 2 is 1.87 bits per heavy atom. The van der Waals surface area contributed by atoms with E-state index < -0.39 is 12.7 Å². The van der Waals surface area contributed by atoms with Crippen molar-refractivity contribution in [2.45, 2.75) is 45.4 Å². The SMILES string of the molecule is [2H]C([2H])([2H])c1ccc2c(n1)oc1c(-c3cc(C4([2H])CCCC4)cc[n+]3C)c(C)c3ccccc3c12. The van der Waals surface area contributed by atoms with Crippen molar-refractivity contribution < 1.29 is 14.5 Å². The van der Waals surface area contributed by atoms with Crippen molar-refractivity contribution >= 4 is 32.8 Å². The van der Waals surface area contributed by atoms with Crippen molar-refractivity contribution in [3.05, 3.63) is 71.5 Å². The summed E-state index contributed by atoms with van der Waals surface area (Å²) in [6.45, 7) is -0.206. The summed E-state index contributed by atoms with van der Waals surface area (Å²) in [6.07, 6.45) is 5.95. The maximum absolute atomic E-state index is 9.07. The number of fused-ring (bicyclic) bond motifs is 5. The van der Waals surface area contributed by atoms with E-state index in [0.29, 0.717) is 11.3 Å². The molecule has 0 atom stereocenters. The summed E-state index contributed by atoms with van der Waals surface area (Å²) in [7, 11) is 2.01. The Kier molecular flexibility index (Phi) is 3.29. The quantitative estimate of drug-likeness (QED) is 0.296. The highest BCUT2D eigenvalue weighted by molar-refractivity contribution is 6.22. The van der Waals surface area contributed by atoms with E-state index in [-0.39, 0.29) is 5.69 Å². The van der Waals surface area contributed by atoms with Crippen LogP contribution in [-0.2, 0) is 7.05 Å². The van der Waals surface area contributed by atoms with Crippen LogP contribution < -0.4 is 4.57 Å². The third-order valence-corrected chi connectivity index (χ3v) is 6.78. The molecule has 0 bridgehead atoms. The number of hydrogen-bond acceptors (Lipinski definition) is 2. The van der Waals surface area contributed by atoms with E-state index >= 15 is 0 Å². The van der Waals surface area contributed by atoms with Gasteiger partial charge in [-0.2, -0.15) is 0 Å². The van der Waals surface area contributed by atoms with Gasteiger partial charge in [-0.3, -0.25) is 0 Å². The van der Waals surface area contributed by atoms with Gasteiger partial charge in [0, 0.05) is 34.1 Å². The van der Waals surface area contributed by atoms with Gasteiger partial charge < -0.3 is 4.42 Å². The second-order valence-corrected chi connectivity index (χ2v) is 8.62. The van der Waals surface area contributed by atoms with Gasteiger partial charge in [-0.25, -0.2) is 9.55 Å². The first-order chi connectivity index (χ1) is 16.7. The van der Waals surface area contributed by atoms with Gasteiger partial charge in [0.1, 0.15) is 7.05 Å². The number of pyridine rings is 2. The van der Waals surface area contributed by atoms with Crippen LogP contribution in [0.2, 0.25) is 0 Å². The highest BCUT2D eigenvalue weighted by Gasteiger charge is 2.26. The second kappa shape index (κ2) is 6.91. The molecule has 3 aromatic heterocycles. The van der Waals surface area contributed by atoms with Crippen molar-refractivity contribution in [3.63, 3.8) is 0 Å². The van der Waals surface area contributed by atoms with Gasteiger partial charge in [-0.05, 0) is 66.5 Å². The van der Waals surface area contributed by atoms with Crippen LogP contribution >= 0.6 is 0 Å². The minimum atomic E-state index is -2.31. The van der Waals surface area contributed by atoms with Gasteiger partial charge in [-0.1, -0.05) is 37.1 Å². The molecule has 0 spiro atoms. The van der Waals surface area contributed by atoms with Crippen LogP contribution in [0.5, 0.6) is 0 Å². The highest BCUT2D eigenvalue weighted by Crippen LogP contribution is 2.43. The number of rotatable bonds is 2. The lowest BCUT2D eigenvalue weighted by atomic mass is 9.91. The van der Waals surface area contributed by atoms with Crippen LogP contribution in [-0.4, -0.2) is 4.98 Å². The van der Waals surface area contributed by atoms with E-state index in [1.165, 1.54) is 0 Å². The summed E-state index contributed by atoms with van der Waals surface area (Å²) >= 11 is 0. The Hall–Kier alpha value is -3.20. The smallest absolute Gasteiger partial charge is 0.227 e. The van der Waals surface area contributed by atoms with E-state index in [1.54, 1.807) is 6.07 Å². The molecule has 31 heavy (non-hydrogen) atoms. The molecule has 6 rings (SSSR count). The molecule has 0 amide bonds. The lowest BCUT2D eigenvalue weighted by Crippen LogP contribution is -2.31. The van der Waals surface area contributed by atoms with Crippen molar-refractivity contribution in [2.75, 3.05) is 0 Å². The summed E-state index contributed by atoms with van der Waals surface area (Å²) in [4.78, 5) is 4.40. The summed E-state index contributed by atoms with van der Waals surface area (Å²) in [5.74, 6) is -0.559. The fourth-order valence-electron chi connectivity index (χ4n) is 5.19. The minimum absolute atomic E-state index is 0.0246. The average Bonchev–Trinajstić information content (AvgIpc) is 3.44. The molecule has 154 valence electrons. The Balaban J connectivity index is 1.72. The summed E-state index contributed by atoms with van der Waals surface area (Å²) in [5.41, 5.74) is 5.10. The third kappa shape index (κ3) is 2.79. The molecule has 3 nitrogen and oxygen atoms in total. The predicted octanol–water partition coefficient (Wildman–Crippen LogP) is 6.90. The molecule has 0 saturated heterocycles. The van der Waals surface area contributed by atoms with Gasteiger partial charge >= 0.3 is 0 Å². The third-order valence-electron chi connectivity index (χ3n) is 6.78. The van der Waals surface area contributed by atoms with Crippen LogP contribution in [0.25, 0.3) is 44.1 Å². The molecule has 1 fully saturated rings. The molecule has 5 aromatic rings. The van der Waals surface area contributed by atoms with E-state index in [9.17, 15) is 0 Å². The minimum Gasteiger partial charge on any atom is -0.437 e. The molecular weight excluding hydrogens is 380 g/mol. The first kappa shape index (κ1) is 14.7. The van der Waals surface area contributed by atoms with Crippen LogP contribution in [0.3, 0.4) is 0 Å². The molecule has 1 saturated carbocycles.